The van der Waals surface area contributed by atoms with Gasteiger partial charge in [-0.05, 0) is 44.7 Å². The number of nitrogens with one attached hydrogen (secondary N) is 1. The van der Waals surface area contributed by atoms with Crippen LogP contribution in [0.2, 0.25) is 0 Å². The van der Waals surface area contributed by atoms with Gasteiger partial charge in [-0.2, -0.15) is 0 Å². The van der Waals surface area contributed by atoms with E-state index >= 15 is 0 Å². The Kier molecular flexibility index (Phi) is 5.82. The van der Waals surface area contributed by atoms with Crippen LogP contribution in [0.25, 0.3) is 0 Å². The van der Waals surface area contributed by atoms with Crippen LogP contribution in [0, 0.1) is 0 Å². The molecule has 0 aliphatic heterocycles. The number of likely N-dealkylation sites (N-methyl/N-ethyl adjacent to an activating group) is 1. The second-order valence-electron chi connectivity index (χ2n) is 5.59. The molecule has 1 fully saturated rings. The molecular weight excluding hydrogens is 256 g/mol. The Balaban J connectivity index is 1.82. The molecule has 2 unspecified atom stereocenters. The second-order valence-corrected chi connectivity index (χ2v) is 6.62. The minimum Gasteiger partial charge on any atom is -0.383 e. The van der Waals surface area contributed by atoms with E-state index in [4.69, 9.17) is 4.74 Å². The van der Waals surface area contributed by atoms with Gasteiger partial charge in [-0.3, -0.25) is 4.90 Å². The van der Waals surface area contributed by atoms with Crippen LogP contribution < -0.4 is 5.32 Å². The lowest BCUT2D eigenvalue weighted by Gasteiger charge is -2.33. The minimum absolute atomic E-state index is 0.459. The fraction of sp³-hybridized carbons (Fsp3) is 0.733. The summed E-state index contributed by atoms with van der Waals surface area (Å²) in [5.41, 5.74) is 0. The van der Waals surface area contributed by atoms with Gasteiger partial charge in [0.1, 0.15) is 0 Å². The van der Waals surface area contributed by atoms with Gasteiger partial charge in [0.25, 0.3) is 0 Å². The van der Waals surface area contributed by atoms with Crippen LogP contribution >= 0.6 is 11.3 Å². The van der Waals surface area contributed by atoms with Crippen molar-refractivity contribution in [1.82, 2.24) is 10.2 Å². The molecule has 2 atom stereocenters. The molecule has 0 amide bonds. The number of nitrogens with zero attached hydrogens (tertiary/aromatic N) is 1. The molecule has 0 spiro atoms. The first-order valence-electron chi connectivity index (χ1n) is 7.17. The zero-order valence-corrected chi connectivity index (χ0v) is 13.1. The van der Waals surface area contributed by atoms with Crippen LogP contribution in [0.15, 0.2) is 17.5 Å². The largest absolute Gasteiger partial charge is 0.383 e. The number of ether oxygens (including phenoxy) is 1. The van der Waals surface area contributed by atoms with Gasteiger partial charge >= 0.3 is 0 Å². The van der Waals surface area contributed by atoms with Crippen molar-refractivity contribution in [2.24, 2.45) is 0 Å². The number of thiophene rings is 1. The van der Waals surface area contributed by atoms with Crippen molar-refractivity contribution < 1.29 is 4.74 Å². The van der Waals surface area contributed by atoms with E-state index in [9.17, 15) is 0 Å². The Labute approximate surface area is 121 Å². The summed E-state index contributed by atoms with van der Waals surface area (Å²) in [6, 6.07) is 6.12. The first kappa shape index (κ1) is 15.0. The molecule has 0 aromatic carbocycles. The van der Waals surface area contributed by atoms with Crippen molar-refractivity contribution in [1.29, 1.82) is 0 Å². The van der Waals surface area contributed by atoms with Crippen molar-refractivity contribution in [2.45, 2.75) is 44.3 Å². The van der Waals surface area contributed by atoms with E-state index in [2.05, 4.69) is 41.7 Å². The Morgan fingerprint density at radius 1 is 1.53 bits per heavy atom. The van der Waals surface area contributed by atoms with Crippen molar-refractivity contribution >= 4 is 11.3 Å². The molecule has 1 N–H and O–H groups in total. The molecule has 0 bridgehead atoms. The van der Waals surface area contributed by atoms with E-state index in [1.165, 1.54) is 17.7 Å². The number of methoxy groups -OCH3 is 1. The quantitative estimate of drug-likeness (QED) is 0.752. The SMILES string of the molecule is COCC(CNC1CC1)N(C)C(C)Cc1cccs1. The lowest BCUT2D eigenvalue weighted by Crippen LogP contribution is -2.48. The molecule has 0 radical (unpaired) electrons. The van der Waals surface area contributed by atoms with Gasteiger partial charge in [0.05, 0.1) is 6.61 Å². The maximum absolute atomic E-state index is 5.38. The van der Waals surface area contributed by atoms with Crippen LogP contribution in [0.4, 0.5) is 0 Å². The van der Waals surface area contributed by atoms with Crippen LogP contribution in [-0.2, 0) is 11.2 Å². The van der Waals surface area contributed by atoms with Crippen LogP contribution in [0.3, 0.4) is 0 Å². The highest BCUT2D eigenvalue weighted by Gasteiger charge is 2.25. The second kappa shape index (κ2) is 7.39. The van der Waals surface area contributed by atoms with Crippen molar-refractivity contribution in [2.75, 3.05) is 27.3 Å². The molecule has 19 heavy (non-hydrogen) atoms. The van der Waals surface area contributed by atoms with Crippen molar-refractivity contribution in [3.8, 4) is 0 Å². The molecule has 108 valence electrons. The molecule has 1 heterocycles. The monoisotopic (exact) mass is 282 g/mol. The van der Waals surface area contributed by atoms with Gasteiger partial charge < -0.3 is 10.1 Å². The van der Waals surface area contributed by atoms with Crippen molar-refractivity contribution in [3.63, 3.8) is 0 Å². The van der Waals surface area contributed by atoms with Crippen LogP contribution in [-0.4, -0.2) is 50.3 Å². The Hall–Kier alpha value is -0.420. The summed E-state index contributed by atoms with van der Waals surface area (Å²) >= 11 is 1.85. The highest BCUT2D eigenvalue weighted by molar-refractivity contribution is 7.09. The lowest BCUT2D eigenvalue weighted by atomic mass is 10.1. The molecule has 1 saturated carbocycles. The molecule has 0 saturated heterocycles. The molecule has 1 aliphatic rings. The van der Waals surface area contributed by atoms with Crippen molar-refractivity contribution in [3.05, 3.63) is 22.4 Å². The van der Waals surface area contributed by atoms with Gasteiger partial charge in [0, 0.05) is 36.7 Å². The Morgan fingerprint density at radius 3 is 2.89 bits per heavy atom. The molecule has 1 aromatic heterocycles. The lowest BCUT2D eigenvalue weighted by molar-refractivity contribution is 0.0837. The number of rotatable bonds is 9. The van der Waals surface area contributed by atoms with Crippen LogP contribution in [0.1, 0.15) is 24.6 Å². The van der Waals surface area contributed by atoms with Gasteiger partial charge in [-0.15, -0.1) is 11.3 Å². The Morgan fingerprint density at radius 2 is 2.32 bits per heavy atom. The maximum Gasteiger partial charge on any atom is 0.0630 e. The van der Waals surface area contributed by atoms with E-state index in [1.807, 2.05) is 11.3 Å². The van der Waals surface area contributed by atoms with E-state index in [-0.39, 0.29) is 0 Å². The normalized spacial score (nSPS) is 18.7. The molecule has 4 heteroatoms. The zero-order chi connectivity index (χ0) is 13.7. The molecule has 1 aromatic rings. The highest BCUT2D eigenvalue weighted by atomic mass is 32.1. The van der Waals surface area contributed by atoms with Gasteiger partial charge in [0.15, 0.2) is 0 Å². The standard InChI is InChI=1S/C15H26N2OS/c1-12(9-15-5-4-8-19-15)17(2)14(11-18-3)10-16-13-6-7-13/h4-5,8,12-14,16H,6-7,9-11H2,1-3H3. The first-order chi connectivity index (χ1) is 9.20. The van der Waals surface area contributed by atoms with E-state index in [0.29, 0.717) is 12.1 Å². The van der Waals surface area contributed by atoms with Gasteiger partial charge in [-0.1, -0.05) is 6.07 Å². The summed E-state index contributed by atoms with van der Waals surface area (Å²) in [6.07, 6.45) is 3.81. The number of hydrogen-bond donors (Lipinski definition) is 1. The Bertz CT molecular complexity index is 351. The fourth-order valence-corrected chi connectivity index (χ4v) is 3.15. The third-order valence-electron chi connectivity index (χ3n) is 3.93. The third kappa shape index (κ3) is 4.88. The predicted octanol–water partition coefficient (Wildman–Crippen LogP) is 2.38. The summed E-state index contributed by atoms with van der Waals surface area (Å²) in [5.74, 6) is 0. The summed E-state index contributed by atoms with van der Waals surface area (Å²) in [7, 11) is 4.01. The maximum atomic E-state index is 5.38. The molecule has 3 nitrogen and oxygen atoms in total. The summed E-state index contributed by atoms with van der Waals surface area (Å²) < 4.78 is 5.38. The average Bonchev–Trinajstić information content (AvgIpc) is 3.10. The summed E-state index contributed by atoms with van der Waals surface area (Å²) in [6.45, 7) is 4.13. The minimum atomic E-state index is 0.459. The van der Waals surface area contributed by atoms with Gasteiger partial charge in [-0.25, -0.2) is 0 Å². The van der Waals surface area contributed by atoms with E-state index in [0.717, 1.165) is 25.6 Å². The smallest absolute Gasteiger partial charge is 0.0630 e. The molecular formula is C15H26N2OS. The topological polar surface area (TPSA) is 24.5 Å². The predicted molar refractivity (Wildman–Crippen MR) is 81.9 cm³/mol. The van der Waals surface area contributed by atoms with Gasteiger partial charge in [0.2, 0.25) is 0 Å². The number of hydrogen-bond acceptors (Lipinski definition) is 4. The molecule has 2 rings (SSSR count). The summed E-state index contributed by atoms with van der Waals surface area (Å²) in [4.78, 5) is 3.92. The van der Waals surface area contributed by atoms with E-state index < -0.39 is 0 Å². The fourth-order valence-electron chi connectivity index (χ4n) is 2.33. The highest BCUT2D eigenvalue weighted by Crippen LogP contribution is 2.19. The molecule has 1 aliphatic carbocycles. The van der Waals surface area contributed by atoms with Crippen LogP contribution in [0.5, 0.6) is 0 Å². The van der Waals surface area contributed by atoms with E-state index in [1.54, 1.807) is 7.11 Å². The first-order valence-corrected chi connectivity index (χ1v) is 8.05. The average molecular weight is 282 g/mol. The third-order valence-corrected chi connectivity index (χ3v) is 4.83. The summed E-state index contributed by atoms with van der Waals surface area (Å²) in [5, 5.41) is 5.77. The zero-order valence-electron chi connectivity index (χ0n) is 12.3.